The van der Waals surface area contributed by atoms with E-state index in [9.17, 15) is 14.4 Å². The average molecular weight is 472 g/mol. The van der Waals surface area contributed by atoms with Gasteiger partial charge in [-0.2, -0.15) is 0 Å². The van der Waals surface area contributed by atoms with Gasteiger partial charge in [0.25, 0.3) is 11.8 Å². The Bertz CT molecular complexity index is 971. The lowest BCUT2D eigenvalue weighted by Crippen LogP contribution is -2.47. The van der Waals surface area contributed by atoms with E-state index in [0.29, 0.717) is 22.7 Å². The number of piperidine rings is 1. The first-order valence-corrected chi connectivity index (χ1v) is 10.7. The molecule has 0 aromatic heterocycles. The third kappa shape index (κ3) is 4.48. The van der Waals surface area contributed by atoms with Gasteiger partial charge in [-0.1, -0.05) is 15.9 Å². The van der Waals surface area contributed by atoms with Crippen molar-refractivity contribution in [3.05, 3.63) is 52.5 Å². The van der Waals surface area contributed by atoms with Gasteiger partial charge in [-0.3, -0.25) is 19.3 Å². The minimum absolute atomic E-state index is 0.0285. The summed E-state index contributed by atoms with van der Waals surface area (Å²) < 4.78 is 6.40. The molecule has 2 aliphatic heterocycles. The summed E-state index contributed by atoms with van der Waals surface area (Å²) in [5.74, 6) is -0.0893. The van der Waals surface area contributed by atoms with E-state index in [-0.39, 0.29) is 30.9 Å². The van der Waals surface area contributed by atoms with Crippen molar-refractivity contribution in [3.63, 3.8) is 0 Å². The Labute approximate surface area is 183 Å². The Hall–Kier alpha value is -2.87. The molecular weight excluding hydrogens is 450 g/mol. The number of nitrogens with zero attached hydrogens (tertiary/aromatic N) is 2. The van der Waals surface area contributed by atoms with Gasteiger partial charge in [-0.15, -0.1) is 0 Å². The monoisotopic (exact) mass is 471 g/mol. The maximum absolute atomic E-state index is 12.7. The molecule has 8 heteroatoms. The highest BCUT2D eigenvalue weighted by molar-refractivity contribution is 9.10. The number of halogens is 1. The van der Waals surface area contributed by atoms with Crippen LogP contribution in [0.3, 0.4) is 0 Å². The summed E-state index contributed by atoms with van der Waals surface area (Å²) in [5, 5.41) is 2.84. The topological polar surface area (TPSA) is 79.0 Å². The molecule has 7 nitrogen and oxygen atoms in total. The largest absolute Gasteiger partial charge is 0.482 e. The summed E-state index contributed by atoms with van der Waals surface area (Å²) in [6.07, 6.45) is 3.11. The number of carbonyl (C=O) groups excluding carboxylic acids is 3. The highest BCUT2D eigenvalue weighted by Crippen LogP contribution is 2.35. The van der Waals surface area contributed by atoms with Crippen LogP contribution < -0.4 is 15.0 Å². The number of rotatable bonds is 4. The molecule has 0 bridgehead atoms. The molecule has 0 unspecified atom stereocenters. The van der Waals surface area contributed by atoms with E-state index in [2.05, 4.69) is 21.2 Å². The standard InChI is InChI=1S/C22H22BrN3O4/c23-16-6-4-15(5-7-16)22(29)24-17-8-9-19-18(12-17)26(21(28)14-30-19)13-20(27)25-10-2-1-3-11-25/h4-9,12H,1-3,10-11,13-14H2,(H,24,29). The van der Waals surface area contributed by atoms with Crippen molar-refractivity contribution < 1.29 is 19.1 Å². The summed E-state index contributed by atoms with van der Waals surface area (Å²) in [6, 6.07) is 12.1. The van der Waals surface area contributed by atoms with Gasteiger partial charge in [-0.05, 0) is 61.7 Å². The number of anilines is 2. The SMILES string of the molecule is O=C(Nc1ccc2c(c1)N(CC(=O)N1CCCCC1)C(=O)CO2)c1ccc(Br)cc1. The second kappa shape index (κ2) is 8.87. The Morgan fingerprint density at radius 2 is 1.77 bits per heavy atom. The molecule has 30 heavy (non-hydrogen) atoms. The number of hydrogen-bond donors (Lipinski definition) is 1. The predicted octanol–water partition coefficient (Wildman–Crippen LogP) is 3.44. The van der Waals surface area contributed by atoms with Crippen molar-refractivity contribution in [3.8, 4) is 5.75 Å². The first kappa shape index (κ1) is 20.4. The molecule has 2 aromatic carbocycles. The molecule has 0 atom stereocenters. The molecule has 0 spiro atoms. The Morgan fingerprint density at radius 1 is 1.03 bits per heavy atom. The zero-order valence-corrected chi connectivity index (χ0v) is 18.0. The zero-order valence-electron chi connectivity index (χ0n) is 16.4. The van der Waals surface area contributed by atoms with Crippen LogP contribution in [0.5, 0.6) is 5.75 Å². The summed E-state index contributed by atoms with van der Waals surface area (Å²) in [7, 11) is 0. The fraction of sp³-hybridized carbons (Fsp3) is 0.318. The number of likely N-dealkylation sites (tertiary alicyclic amines) is 1. The van der Waals surface area contributed by atoms with Crippen molar-refractivity contribution in [2.75, 3.05) is 36.5 Å². The Kier molecular flexibility index (Phi) is 6.03. The number of benzene rings is 2. The van der Waals surface area contributed by atoms with Crippen LogP contribution in [0.15, 0.2) is 46.9 Å². The summed E-state index contributed by atoms with van der Waals surface area (Å²) in [4.78, 5) is 41.0. The van der Waals surface area contributed by atoms with E-state index in [0.717, 1.165) is 36.8 Å². The molecule has 3 amide bonds. The first-order chi connectivity index (χ1) is 14.5. The molecule has 156 valence electrons. The smallest absolute Gasteiger partial charge is 0.265 e. The van der Waals surface area contributed by atoms with Crippen LogP contribution in [0.1, 0.15) is 29.6 Å². The van der Waals surface area contributed by atoms with Gasteiger partial charge in [0.1, 0.15) is 12.3 Å². The fourth-order valence-electron chi connectivity index (χ4n) is 3.64. The summed E-state index contributed by atoms with van der Waals surface area (Å²) in [5.41, 5.74) is 1.53. The number of nitrogens with one attached hydrogen (secondary N) is 1. The highest BCUT2D eigenvalue weighted by Gasteiger charge is 2.29. The number of hydrogen-bond acceptors (Lipinski definition) is 4. The lowest BCUT2D eigenvalue weighted by atomic mass is 10.1. The van der Waals surface area contributed by atoms with Crippen molar-refractivity contribution >= 4 is 45.0 Å². The van der Waals surface area contributed by atoms with Gasteiger partial charge in [0.2, 0.25) is 5.91 Å². The minimum Gasteiger partial charge on any atom is -0.482 e. The number of fused-ring (bicyclic) bond motifs is 1. The van der Waals surface area contributed by atoms with E-state index in [1.165, 1.54) is 4.90 Å². The molecule has 1 N–H and O–H groups in total. The van der Waals surface area contributed by atoms with Crippen LogP contribution in [-0.4, -0.2) is 48.9 Å². The molecule has 0 aliphatic carbocycles. The molecule has 1 saturated heterocycles. The predicted molar refractivity (Wildman–Crippen MR) is 117 cm³/mol. The maximum Gasteiger partial charge on any atom is 0.265 e. The molecule has 0 radical (unpaired) electrons. The van der Waals surface area contributed by atoms with Gasteiger partial charge in [0, 0.05) is 28.8 Å². The van der Waals surface area contributed by atoms with E-state index in [4.69, 9.17) is 4.74 Å². The van der Waals surface area contributed by atoms with Crippen molar-refractivity contribution in [1.82, 2.24) is 4.90 Å². The van der Waals surface area contributed by atoms with Crippen LogP contribution in [-0.2, 0) is 9.59 Å². The van der Waals surface area contributed by atoms with Gasteiger partial charge >= 0.3 is 0 Å². The van der Waals surface area contributed by atoms with Crippen molar-refractivity contribution in [2.45, 2.75) is 19.3 Å². The van der Waals surface area contributed by atoms with Crippen LogP contribution in [0.4, 0.5) is 11.4 Å². The maximum atomic E-state index is 12.7. The Morgan fingerprint density at radius 3 is 2.50 bits per heavy atom. The lowest BCUT2D eigenvalue weighted by molar-refractivity contribution is -0.132. The normalized spacial score (nSPS) is 16.0. The number of amides is 3. The van der Waals surface area contributed by atoms with E-state index < -0.39 is 0 Å². The molecule has 1 fully saturated rings. The Balaban J connectivity index is 1.53. The van der Waals surface area contributed by atoms with E-state index >= 15 is 0 Å². The van der Waals surface area contributed by atoms with Crippen molar-refractivity contribution in [1.29, 1.82) is 0 Å². The highest BCUT2D eigenvalue weighted by atomic mass is 79.9. The van der Waals surface area contributed by atoms with E-state index in [1.807, 2.05) is 4.90 Å². The van der Waals surface area contributed by atoms with Gasteiger partial charge in [-0.25, -0.2) is 0 Å². The van der Waals surface area contributed by atoms with Gasteiger partial charge in [0.15, 0.2) is 6.61 Å². The van der Waals surface area contributed by atoms with Gasteiger partial charge < -0.3 is 15.0 Å². The third-order valence-electron chi connectivity index (χ3n) is 5.27. The molecular formula is C22H22BrN3O4. The summed E-state index contributed by atoms with van der Waals surface area (Å²) >= 11 is 3.35. The van der Waals surface area contributed by atoms with Gasteiger partial charge in [0.05, 0.1) is 5.69 Å². The van der Waals surface area contributed by atoms with Crippen molar-refractivity contribution in [2.24, 2.45) is 0 Å². The average Bonchev–Trinajstić information content (AvgIpc) is 2.76. The fourth-order valence-corrected chi connectivity index (χ4v) is 3.90. The van der Waals surface area contributed by atoms with E-state index in [1.54, 1.807) is 42.5 Å². The third-order valence-corrected chi connectivity index (χ3v) is 5.80. The number of carbonyl (C=O) groups is 3. The number of ether oxygens (including phenoxy) is 1. The van der Waals surface area contributed by atoms with Crippen LogP contribution in [0.25, 0.3) is 0 Å². The lowest BCUT2D eigenvalue weighted by Gasteiger charge is -2.33. The van der Waals surface area contributed by atoms with Crippen LogP contribution in [0.2, 0.25) is 0 Å². The second-order valence-corrected chi connectivity index (χ2v) is 8.27. The molecule has 2 aliphatic rings. The molecule has 2 heterocycles. The molecule has 0 saturated carbocycles. The van der Waals surface area contributed by atoms with Crippen LogP contribution in [0, 0.1) is 0 Å². The second-order valence-electron chi connectivity index (χ2n) is 7.35. The first-order valence-electron chi connectivity index (χ1n) is 9.93. The van der Waals surface area contributed by atoms with Crippen LogP contribution >= 0.6 is 15.9 Å². The molecule has 4 rings (SSSR count). The zero-order chi connectivity index (χ0) is 21.1. The quantitative estimate of drug-likeness (QED) is 0.740. The minimum atomic E-state index is -0.274. The molecule has 2 aromatic rings. The summed E-state index contributed by atoms with van der Waals surface area (Å²) in [6.45, 7) is 1.32.